The number of rotatable bonds is 16. The van der Waals surface area contributed by atoms with Crippen molar-refractivity contribution in [1.82, 2.24) is 5.32 Å². The van der Waals surface area contributed by atoms with Crippen LogP contribution in [-0.4, -0.2) is 44.7 Å². The van der Waals surface area contributed by atoms with E-state index in [0.717, 1.165) is 58.3 Å². The van der Waals surface area contributed by atoms with Crippen molar-refractivity contribution < 1.29 is 19.1 Å². The summed E-state index contributed by atoms with van der Waals surface area (Å²) in [4.78, 5) is 22.1. The molecule has 1 amide bonds. The molecule has 0 saturated heterocycles. The maximum Gasteiger partial charge on any atom is 0.220 e. The van der Waals surface area contributed by atoms with Gasteiger partial charge in [-0.15, -0.1) is 0 Å². The Balaban J connectivity index is 0. The molecule has 0 aliphatic carbocycles. The zero-order valence-electron chi connectivity index (χ0n) is 17.2. The van der Waals surface area contributed by atoms with E-state index in [2.05, 4.69) is 19.2 Å². The minimum Gasteiger partial charge on any atom is -0.381 e. The second-order valence-electron chi connectivity index (χ2n) is 6.44. The molecular weight excluding hydrogens is 318 g/mol. The van der Waals surface area contributed by atoms with E-state index >= 15 is 0 Å². The summed E-state index contributed by atoms with van der Waals surface area (Å²) in [6.07, 6.45) is 6.84. The molecule has 0 bridgehead atoms. The summed E-state index contributed by atoms with van der Waals surface area (Å²) < 4.78 is 10.8. The highest BCUT2D eigenvalue weighted by Gasteiger charge is 2.03. The molecule has 0 heterocycles. The first-order chi connectivity index (χ1) is 12.0. The van der Waals surface area contributed by atoms with Crippen molar-refractivity contribution in [3.63, 3.8) is 0 Å². The number of ketones is 1. The molecule has 5 heteroatoms. The summed E-state index contributed by atoms with van der Waals surface area (Å²) in [5.74, 6) is 0.653. The van der Waals surface area contributed by atoms with Crippen LogP contribution in [0.2, 0.25) is 0 Å². The zero-order valence-corrected chi connectivity index (χ0v) is 17.2. The van der Waals surface area contributed by atoms with Gasteiger partial charge < -0.3 is 14.8 Å². The number of amides is 1. The number of carbonyl (C=O) groups is 2. The Kier molecular flexibility index (Phi) is 22.2. The van der Waals surface area contributed by atoms with Gasteiger partial charge >= 0.3 is 0 Å². The van der Waals surface area contributed by atoms with Crippen LogP contribution < -0.4 is 5.32 Å². The molecule has 0 atom stereocenters. The van der Waals surface area contributed by atoms with Crippen molar-refractivity contribution in [3.05, 3.63) is 0 Å². The molecule has 0 fully saturated rings. The Morgan fingerprint density at radius 1 is 0.840 bits per heavy atom. The summed E-state index contributed by atoms with van der Waals surface area (Å²) in [6.45, 7) is 12.9. The number of hydrogen-bond donors (Lipinski definition) is 1. The average Bonchev–Trinajstić information content (AvgIpc) is 2.56. The molecule has 150 valence electrons. The maximum absolute atomic E-state index is 11.4. The van der Waals surface area contributed by atoms with Crippen LogP contribution in [0.1, 0.15) is 79.6 Å². The standard InChI is InChI=1S/C18H35NO4.C2H6/c1-16(2)14-18(21)19-10-6-4-7-11-22-12-8-5-9-13-23-15-17(3)20;1-2/h16H,4-15H2,1-3H3,(H,19,21);1-2H3. The zero-order chi connectivity index (χ0) is 19.3. The third-order valence-corrected chi connectivity index (χ3v) is 3.26. The Morgan fingerprint density at radius 3 is 1.88 bits per heavy atom. The molecule has 0 aliphatic rings. The highest BCUT2D eigenvalue weighted by Crippen LogP contribution is 2.01. The number of ether oxygens (including phenoxy) is 2. The van der Waals surface area contributed by atoms with E-state index in [-0.39, 0.29) is 18.3 Å². The van der Waals surface area contributed by atoms with Crippen LogP contribution >= 0.6 is 0 Å². The fraction of sp³-hybridized carbons (Fsp3) is 0.900. The van der Waals surface area contributed by atoms with Crippen molar-refractivity contribution in [2.75, 3.05) is 33.0 Å². The first-order valence-corrected chi connectivity index (χ1v) is 9.94. The molecule has 0 radical (unpaired) electrons. The third kappa shape index (κ3) is 25.4. The lowest BCUT2D eigenvalue weighted by Crippen LogP contribution is -2.25. The van der Waals surface area contributed by atoms with Gasteiger partial charge in [0.15, 0.2) is 5.78 Å². The second-order valence-corrected chi connectivity index (χ2v) is 6.44. The van der Waals surface area contributed by atoms with Gasteiger partial charge in [0.05, 0.1) is 0 Å². The lowest BCUT2D eigenvalue weighted by Gasteiger charge is -2.07. The fourth-order valence-corrected chi connectivity index (χ4v) is 2.08. The normalized spacial score (nSPS) is 10.3. The fourth-order valence-electron chi connectivity index (χ4n) is 2.08. The van der Waals surface area contributed by atoms with Crippen LogP contribution in [0.4, 0.5) is 0 Å². The molecular formula is C20H41NO4. The summed E-state index contributed by atoms with van der Waals surface area (Å²) in [5.41, 5.74) is 0. The first-order valence-electron chi connectivity index (χ1n) is 9.94. The van der Waals surface area contributed by atoms with Crippen molar-refractivity contribution in [2.24, 2.45) is 5.92 Å². The quantitative estimate of drug-likeness (QED) is 0.421. The SMILES string of the molecule is CC.CC(=O)COCCCCCOCCCCCNC(=O)CC(C)C. The van der Waals surface area contributed by atoms with Crippen LogP contribution in [0, 0.1) is 5.92 Å². The molecule has 1 N–H and O–H groups in total. The van der Waals surface area contributed by atoms with E-state index in [4.69, 9.17) is 9.47 Å². The van der Waals surface area contributed by atoms with Crippen molar-refractivity contribution in [3.8, 4) is 0 Å². The van der Waals surface area contributed by atoms with Gasteiger partial charge in [-0.2, -0.15) is 0 Å². The summed E-state index contributed by atoms with van der Waals surface area (Å²) >= 11 is 0. The Labute approximate surface area is 155 Å². The van der Waals surface area contributed by atoms with E-state index < -0.39 is 0 Å². The van der Waals surface area contributed by atoms with Gasteiger partial charge in [0.25, 0.3) is 0 Å². The smallest absolute Gasteiger partial charge is 0.220 e. The van der Waals surface area contributed by atoms with Crippen LogP contribution in [0.5, 0.6) is 0 Å². The lowest BCUT2D eigenvalue weighted by atomic mass is 10.1. The second kappa shape index (κ2) is 21.1. The van der Waals surface area contributed by atoms with Crippen molar-refractivity contribution >= 4 is 11.7 Å². The molecule has 25 heavy (non-hydrogen) atoms. The molecule has 0 rings (SSSR count). The van der Waals surface area contributed by atoms with Gasteiger partial charge in [-0.3, -0.25) is 9.59 Å². The van der Waals surface area contributed by atoms with E-state index in [9.17, 15) is 9.59 Å². The number of carbonyl (C=O) groups excluding carboxylic acids is 2. The van der Waals surface area contributed by atoms with Crippen LogP contribution in [-0.2, 0) is 19.1 Å². The van der Waals surface area contributed by atoms with E-state index in [0.29, 0.717) is 18.9 Å². The maximum atomic E-state index is 11.4. The molecule has 5 nitrogen and oxygen atoms in total. The minimum absolute atomic E-state index is 0.0767. The van der Waals surface area contributed by atoms with Gasteiger partial charge in [0.2, 0.25) is 5.91 Å². The van der Waals surface area contributed by atoms with Gasteiger partial charge in [-0.1, -0.05) is 27.7 Å². The number of unbranched alkanes of at least 4 members (excludes halogenated alkanes) is 4. The Hall–Kier alpha value is -0.940. The van der Waals surface area contributed by atoms with E-state index in [1.165, 1.54) is 6.92 Å². The van der Waals surface area contributed by atoms with Crippen molar-refractivity contribution in [1.29, 1.82) is 0 Å². The van der Waals surface area contributed by atoms with E-state index in [1.54, 1.807) is 0 Å². The summed E-state index contributed by atoms with van der Waals surface area (Å²) in [6, 6.07) is 0. The Bertz CT molecular complexity index is 306. The predicted molar refractivity (Wildman–Crippen MR) is 104 cm³/mol. The topological polar surface area (TPSA) is 64.6 Å². The Morgan fingerprint density at radius 2 is 1.36 bits per heavy atom. The largest absolute Gasteiger partial charge is 0.381 e. The van der Waals surface area contributed by atoms with Crippen LogP contribution in [0.3, 0.4) is 0 Å². The molecule has 0 aromatic carbocycles. The summed E-state index contributed by atoms with van der Waals surface area (Å²) in [5, 5.41) is 2.94. The molecule has 0 aromatic rings. The number of hydrogen-bond acceptors (Lipinski definition) is 4. The number of nitrogens with one attached hydrogen (secondary N) is 1. The van der Waals surface area contributed by atoms with Crippen LogP contribution in [0.25, 0.3) is 0 Å². The molecule has 0 unspecified atom stereocenters. The molecule has 0 aromatic heterocycles. The van der Waals surface area contributed by atoms with Gasteiger partial charge in [0.1, 0.15) is 6.61 Å². The highest BCUT2D eigenvalue weighted by atomic mass is 16.5. The first kappa shape index (κ1) is 26.3. The highest BCUT2D eigenvalue weighted by molar-refractivity contribution is 5.76. The molecule has 0 spiro atoms. The van der Waals surface area contributed by atoms with Crippen molar-refractivity contribution in [2.45, 2.75) is 79.6 Å². The van der Waals surface area contributed by atoms with Crippen LogP contribution in [0.15, 0.2) is 0 Å². The van der Waals surface area contributed by atoms with E-state index in [1.807, 2.05) is 13.8 Å². The summed E-state index contributed by atoms with van der Waals surface area (Å²) in [7, 11) is 0. The minimum atomic E-state index is 0.0767. The third-order valence-electron chi connectivity index (χ3n) is 3.26. The number of Topliss-reactive ketones (excluding diaryl/α,β-unsaturated/α-hetero) is 1. The van der Waals surface area contributed by atoms with Gasteiger partial charge in [-0.05, 0) is 51.4 Å². The average molecular weight is 360 g/mol. The molecule has 0 saturated carbocycles. The predicted octanol–water partition coefficient (Wildman–Crippen LogP) is 4.14. The van der Waals surface area contributed by atoms with Gasteiger partial charge in [0, 0.05) is 32.8 Å². The van der Waals surface area contributed by atoms with Gasteiger partial charge in [-0.25, -0.2) is 0 Å². The lowest BCUT2D eigenvalue weighted by molar-refractivity contribution is -0.122. The molecule has 0 aliphatic heterocycles. The monoisotopic (exact) mass is 359 g/mol.